The molecule has 0 aliphatic rings. The summed E-state index contributed by atoms with van der Waals surface area (Å²) in [6.45, 7) is 2.88. The maximum absolute atomic E-state index is 10.1. The van der Waals surface area contributed by atoms with Crippen molar-refractivity contribution in [2.75, 3.05) is 6.54 Å². The van der Waals surface area contributed by atoms with Crippen LogP contribution < -0.4 is 5.32 Å². The molecule has 1 aromatic carbocycles. The lowest BCUT2D eigenvalue weighted by Crippen LogP contribution is -2.21. The van der Waals surface area contributed by atoms with Crippen LogP contribution in [-0.2, 0) is 13.2 Å². The first-order chi connectivity index (χ1) is 9.20. The van der Waals surface area contributed by atoms with Gasteiger partial charge in [-0.05, 0) is 30.2 Å². The Labute approximate surface area is 112 Å². The van der Waals surface area contributed by atoms with Gasteiger partial charge in [-0.1, -0.05) is 24.3 Å². The van der Waals surface area contributed by atoms with Gasteiger partial charge in [-0.15, -0.1) is 0 Å². The lowest BCUT2D eigenvalue weighted by atomic mass is 10.0. The molecule has 0 bridgehead atoms. The minimum Gasteiger partial charge on any atom is -0.462 e. The average Bonchev–Trinajstić information content (AvgIpc) is 2.87. The third kappa shape index (κ3) is 3.67. The van der Waals surface area contributed by atoms with Gasteiger partial charge in [-0.2, -0.15) is 0 Å². The van der Waals surface area contributed by atoms with Crippen LogP contribution in [0.5, 0.6) is 0 Å². The Kier molecular flexibility index (Phi) is 4.74. The molecule has 0 amide bonds. The molecule has 0 saturated heterocycles. The summed E-state index contributed by atoms with van der Waals surface area (Å²) in [6, 6.07) is 11.4. The molecule has 1 aromatic heterocycles. The number of hydrogen-bond acceptors (Lipinski definition) is 4. The summed E-state index contributed by atoms with van der Waals surface area (Å²) < 4.78 is 5.35. The van der Waals surface area contributed by atoms with E-state index in [1.165, 1.54) is 0 Å². The van der Waals surface area contributed by atoms with E-state index in [-0.39, 0.29) is 6.61 Å². The van der Waals surface area contributed by atoms with Crippen LogP contribution in [0.3, 0.4) is 0 Å². The number of aryl methyl sites for hydroxylation is 1. The van der Waals surface area contributed by atoms with Crippen molar-refractivity contribution in [3.05, 3.63) is 59.0 Å². The zero-order chi connectivity index (χ0) is 13.7. The summed E-state index contributed by atoms with van der Waals surface area (Å²) in [6.07, 6.45) is -0.534. The zero-order valence-electron chi connectivity index (χ0n) is 11.0. The number of hydrogen-bond donors (Lipinski definition) is 3. The van der Waals surface area contributed by atoms with Crippen molar-refractivity contribution in [1.29, 1.82) is 0 Å². The second-order valence-corrected chi connectivity index (χ2v) is 4.53. The molecule has 2 rings (SSSR count). The Morgan fingerprint density at radius 3 is 2.58 bits per heavy atom. The fourth-order valence-corrected chi connectivity index (χ4v) is 2.01. The van der Waals surface area contributed by atoms with Gasteiger partial charge in [0, 0.05) is 6.54 Å². The van der Waals surface area contributed by atoms with Crippen molar-refractivity contribution in [2.24, 2.45) is 0 Å². The van der Waals surface area contributed by atoms with Gasteiger partial charge in [0.2, 0.25) is 0 Å². The number of furan rings is 1. The van der Waals surface area contributed by atoms with Gasteiger partial charge >= 0.3 is 0 Å². The molecule has 0 aliphatic heterocycles. The molecule has 0 saturated carbocycles. The zero-order valence-corrected chi connectivity index (χ0v) is 11.0. The summed E-state index contributed by atoms with van der Waals surface area (Å²) in [5.74, 6) is 1.30. The van der Waals surface area contributed by atoms with Crippen LogP contribution in [0.2, 0.25) is 0 Å². The molecular formula is C15H19NO3. The second kappa shape index (κ2) is 6.52. The van der Waals surface area contributed by atoms with Crippen LogP contribution in [0.4, 0.5) is 0 Å². The lowest BCUT2D eigenvalue weighted by Gasteiger charge is -2.13. The summed E-state index contributed by atoms with van der Waals surface area (Å²) in [4.78, 5) is 0. The largest absolute Gasteiger partial charge is 0.462 e. The minimum atomic E-state index is -0.534. The van der Waals surface area contributed by atoms with E-state index in [9.17, 15) is 5.11 Å². The summed E-state index contributed by atoms with van der Waals surface area (Å²) in [7, 11) is 0. The molecule has 2 aromatic rings. The average molecular weight is 261 g/mol. The molecule has 4 heteroatoms. The first-order valence-corrected chi connectivity index (χ1v) is 6.33. The molecule has 4 nitrogen and oxygen atoms in total. The van der Waals surface area contributed by atoms with Crippen molar-refractivity contribution in [3.8, 4) is 0 Å². The molecule has 0 aliphatic carbocycles. The van der Waals surface area contributed by atoms with E-state index in [4.69, 9.17) is 9.52 Å². The quantitative estimate of drug-likeness (QED) is 0.743. The Bertz CT molecular complexity index is 522. The standard InChI is InChI=1S/C15H19NO3/c1-11-4-2-3-5-14(11)15(18)9-16-8-12-6-7-13(10-17)19-12/h2-7,15-18H,8-10H2,1H3. The second-order valence-electron chi connectivity index (χ2n) is 4.53. The van der Waals surface area contributed by atoms with Gasteiger partial charge < -0.3 is 19.9 Å². The van der Waals surface area contributed by atoms with Crippen LogP contribution in [0.25, 0.3) is 0 Å². The van der Waals surface area contributed by atoms with Crippen LogP contribution in [0.1, 0.15) is 28.8 Å². The summed E-state index contributed by atoms with van der Waals surface area (Å²) in [5.41, 5.74) is 2.02. The predicted molar refractivity (Wildman–Crippen MR) is 72.5 cm³/mol. The van der Waals surface area contributed by atoms with Crippen LogP contribution >= 0.6 is 0 Å². The van der Waals surface area contributed by atoms with E-state index >= 15 is 0 Å². The fraction of sp³-hybridized carbons (Fsp3) is 0.333. The topological polar surface area (TPSA) is 65.6 Å². The Balaban J connectivity index is 1.84. The maximum atomic E-state index is 10.1. The molecule has 3 N–H and O–H groups in total. The van der Waals surface area contributed by atoms with E-state index in [0.29, 0.717) is 18.8 Å². The van der Waals surface area contributed by atoms with Crippen molar-refractivity contribution in [2.45, 2.75) is 26.2 Å². The van der Waals surface area contributed by atoms with Gasteiger partial charge in [0.25, 0.3) is 0 Å². The van der Waals surface area contributed by atoms with Gasteiger partial charge in [-0.25, -0.2) is 0 Å². The van der Waals surface area contributed by atoms with Crippen LogP contribution in [0, 0.1) is 6.92 Å². The van der Waals surface area contributed by atoms with Crippen molar-refractivity contribution < 1.29 is 14.6 Å². The van der Waals surface area contributed by atoms with Crippen molar-refractivity contribution >= 4 is 0 Å². The molecule has 1 atom stereocenters. The highest BCUT2D eigenvalue weighted by molar-refractivity contribution is 5.27. The number of aliphatic hydroxyl groups excluding tert-OH is 2. The highest BCUT2D eigenvalue weighted by atomic mass is 16.4. The van der Waals surface area contributed by atoms with Gasteiger partial charge in [0.1, 0.15) is 18.1 Å². The Morgan fingerprint density at radius 1 is 1.16 bits per heavy atom. The van der Waals surface area contributed by atoms with Crippen LogP contribution in [0.15, 0.2) is 40.8 Å². The van der Waals surface area contributed by atoms with Gasteiger partial charge in [-0.3, -0.25) is 0 Å². The summed E-state index contributed by atoms with van der Waals surface area (Å²) >= 11 is 0. The predicted octanol–water partition coefficient (Wildman–Crippen LogP) is 1.90. The first kappa shape index (κ1) is 13.8. The van der Waals surface area contributed by atoms with E-state index < -0.39 is 6.10 Å². The van der Waals surface area contributed by atoms with Gasteiger partial charge in [0.05, 0.1) is 12.6 Å². The highest BCUT2D eigenvalue weighted by Gasteiger charge is 2.09. The van der Waals surface area contributed by atoms with E-state index in [1.54, 1.807) is 6.07 Å². The maximum Gasteiger partial charge on any atom is 0.129 e. The Morgan fingerprint density at radius 2 is 1.89 bits per heavy atom. The lowest BCUT2D eigenvalue weighted by molar-refractivity contribution is 0.172. The number of nitrogens with one attached hydrogen (secondary N) is 1. The fourth-order valence-electron chi connectivity index (χ4n) is 2.01. The number of rotatable bonds is 6. The van der Waals surface area contributed by atoms with Crippen molar-refractivity contribution in [3.63, 3.8) is 0 Å². The monoisotopic (exact) mass is 261 g/mol. The molecular weight excluding hydrogens is 242 g/mol. The summed E-state index contributed by atoms with van der Waals surface area (Å²) in [5, 5.41) is 22.1. The molecule has 1 heterocycles. The van der Waals surface area contributed by atoms with Crippen LogP contribution in [-0.4, -0.2) is 16.8 Å². The van der Waals surface area contributed by atoms with E-state index in [1.807, 2.05) is 37.3 Å². The third-order valence-electron chi connectivity index (χ3n) is 3.06. The normalized spacial score (nSPS) is 12.6. The third-order valence-corrected chi connectivity index (χ3v) is 3.06. The van der Waals surface area contributed by atoms with Gasteiger partial charge in [0.15, 0.2) is 0 Å². The first-order valence-electron chi connectivity index (χ1n) is 6.33. The number of benzene rings is 1. The molecule has 0 fully saturated rings. The van der Waals surface area contributed by atoms with E-state index in [0.717, 1.165) is 16.9 Å². The Hall–Kier alpha value is -1.62. The molecule has 102 valence electrons. The minimum absolute atomic E-state index is 0.0914. The van der Waals surface area contributed by atoms with E-state index in [2.05, 4.69) is 5.32 Å². The molecule has 1 unspecified atom stereocenters. The van der Waals surface area contributed by atoms with Crippen molar-refractivity contribution in [1.82, 2.24) is 5.32 Å². The SMILES string of the molecule is Cc1ccccc1C(O)CNCc1ccc(CO)o1. The smallest absolute Gasteiger partial charge is 0.129 e. The molecule has 0 spiro atoms. The molecule has 0 radical (unpaired) electrons. The number of aliphatic hydroxyl groups is 2. The highest BCUT2D eigenvalue weighted by Crippen LogP contribution is 2.16. The molecule has 19 heavy (non-hydrogen) atoms.